The van der Waals surface area contributed by atoms with Crippen LogP contribution in [0.1, 0.15) is 129 Å². The fourth-order valence-corrected chi connectivity index (χ4v) is 5.44. The number of benzene rings is 1. The molecule has 0 fully saturated rings. The Balaban J connectivity index is 2.00. The molecule has 236 valence electrons. The van der Waals surface area contributed by atoms with Gasteiger partial charge in [0, 0.05) is 37.4 Å². The number of hydrogen-bond donors (Lipinski definition) is 0. The fourth-order valence-electron chi connectivity index (χ4n) is 5.44. The normalized spacial score (nSPS) is 11.8. The van der Waals surface area contributed by atoms with Gasteiger partial charge in [0.2, 0.25) is 11.8 Å². The number of nitrogens with zero attached hydrogens (tertiary/aromatic N) is 3. The molecule has 0 N–H and O–H groups in total. The highest BCUT2D eigenvalue weighted by molar-refractivity contribution is 5.85. The molecule has 2 rings (SSSR count). The zero-order valence-corrected chi connectivity index (χ0v) is 27.4. The van der Waals surface area contributed by atoms with E-state index in [-0.39, 0.29) is 24.4 Å². The first-order chi connectivity index (χ1) is 20.4. The van der Waals surface area contributed by atoms with Crippen LogP contribution in [0.3, 0.4) is 0 Å². The van der Waals surface area contributed by atoms with Gasteiger partial charge >= 0.3 is 0 Å². The zero-order valence-electron chi connectivity index (χ0n) is 27.4. The van der Waals surface area contributed by atoms with Crippen molar-refractivity contribution in [2.24, 2.45) is 0 Å². The van der Waals surface area contributed by atoms with Crippen LogP contribution in [0.2, 0.25) is 0 Å². The summed E-state index contributed by atoms with van der Waals surface area (Å²) in [5.41, 5.74) is 2.24. The maximum atomic E-state index is 13.8. The minimum absolute atomic E-state index is 0.0374. The van der Waals surface area contributed by atoms with E-state index in [1.165, 1.54) is 44.9 Å². The lowest BCUT2D eigenvalue weighted by molar-refractivity contribution is -0.142. The number of ether oxygens (including phenoxy) is 1. The first-order valence-electron chi connectivity index (χ1n) is 16.8. The standard InChI is InChI=1S/C36H59N3O3/c1-6-9-11-12-13-14-15-16-17-24-35(40)38(25-18-10-7-2)30-36(41)39(31(4)8-3)29-33-22-20-26-37(33)28-32-21-19-23-34(27-32)42-5/h19-23,26-27,31H,6-18,24-25,28-30H2,1-5H3. The molecular formula is C36H59N3O3. The summed E-state index contributed by atoms with van der Waals surface area (Å²) in [6, 6.07) is 12.3. The van der Waals surface area contributed by atoms with Crippen molar-refractivity contribution in [3.05, 3.63) is 53.9 Å². The molecule has 0 saturated heterocycles. The lowest BCUT2D eigenvalue weighted by Gasteiger charge is -2.32. The second kappa shape index (κ2) is 21.0. The average Bonchev–Trinajstić information content (AvgIpc) is 3.44. The third-order valence-corrected chi connectivity index (χ3v) is 8.39. The van der Waals surface area contributed by atoms with Gasteiger partial charge in [-0.25, -0.2) is 0 Å². The highest BCUT2D eigenvalue weighted by atomic mass is 16.5. The quantitative estimate of drug-likeness (QED) is 0.123. The minimum atomic E-state index is 0.0374. The van der Waals surface area contributed by atoms with Gasteiger partial charge in [-0.15, -0.1) is 0 Å². The molecule has 0 radical (unpaired) electrons. The number of hydrogen-bond acceptors (Lipinski definition) is 3. The van der Waals surface area contributed by atoms with Gasteiger partial charge in [0.25, 0.3) is 0 Å². The molecule has 6 heteroatoms. The molecule has 1 atom stereocenters. The summed E-state index contributed by atoms with van der Waals surface area (Å²) in [5, 5.41) is 0. The Morgan fingerprint density at radius 2 is 1.50 bits per heavy atom. The molecule has 1 aromatic carbocycles. The summed E-state index contributed by atoms with van der Waals surface area (Å²) in [5.74, 6) is 1.01. The Hall–Kier alpha value is -2.76. The van der Waals surface area contributed by atoms with Crippen LogP contribution in [-0.2, 0) is 22.7 Å². The molecule has 0 aliphatic heterocycles. The van der Waals surface area contributed by atoms with Crippen LogP contribution in [0, 0.1) is 0 Å². The number of rotatable bonds is 23. The van der Waals surface area contributed by atoms with E-state index in [1.807, 2.05) is 28.0 Å². The summed E-state index contributed by atoms with van der Waals surface area (Å²) in [6.45, 7) is 10.7. The van der Waals surface area contributed by atoms with Crippen molar-refractivity contribution in [2.45, 2.75) is 137 Å². The van der Waals surface area contributed by atoms with Crippen LogP contribution in [0.15, 0.2) is 42.6 Å². The van der Waals surface area contributed by atoms with Crippen LogP contribution in [0.4, 0.5) is 0 Å². The van der Waals surface area contributed by atoms with E-state index in [9.17, 15) is 9.59 Å². The molecule has 6 nitrogen and oxygen atoms in total. The van der Waals surface area contributed by atoms with E-state index in [2.05, 4.69) is 56.7 Å². The number of methoxy groups -OCH3 is 1. The molecule has 42 heavy (non-hydrogen) atoms. The van der Waals surface area contributed by atoms with Crippen LogP contribution in [-0.4, -0.2) is 52.4 Å². The van der Waals surface area contributed by atoms with Gasteiger partial charge in [-0.3, -0.25) is 9.59 Å². The van der Waals surface area contributed by atoms with Crippen LogP contribution in [0.25, 0.3) is 0 Å². The van der Waals surface area contributed by atoms with Crippen molar-refractivity contribution in [3.63, 3.8) is 0 Å². The summed E-state index contributed by atoms with van der Waals surface area (Å²) in [6.07, 6.45) is 17.7. The van der Waals surface area contributed by atoms with E-state index < -0.39 is 0 Å². The van der Waals surface area contributed by atoms with Gasteiger partial charge in [-0.05, 0) is 56.0 Å². The van der Waals surface area contributed by atoms with Gasteiger partial charge in [0.1, 0.15) is 5.75 Å². The van der Waals surface area contributed by atoms with Crippen molar-refractivity contribution < 1.29 is 14.3 Å². The van der Waals surface area contributed by atoms with E-state index in [0.29, 0.717) is 26.1 Å². The van der Waals surface area contributed by atoms with Crippen molar-refractivity contribution >= 4 is 11.8 Å². The number of carbonyl (C=O) groups excluding carboxylic acids is 2. The van der Waals surface area contributed by atoms with Crippen molar-refractivity contribution in [1.82, 2.24) is 14.4 Å². The predicted molar refractivity (Wildman–Crippen MR) is 175 cm³/mol. The topological polar surface area (TPSA) is 54.8 Å². The highest BCUT2D eigenvalue weighted by Gasteiger charge is 2.25. The number of aromatic nitrogens is 1. The summed E-state index contributed by atoms with van der Waals surface area (Å²) < 4.78 is 7.60. The molecule has 2 amide bonds. The van der Waals surface area contributed by atoms with Gasteiger partial charge in [0.05, 0.1) is 20.2 Å². The zero-order chi connectivity index (χ0) is 30.6. The molecule has 1 aromatic heterocycles. The van der Waals surface area contributed by atoms with Crippen LogP contribution in [0.5, 0.6) is 5.75 Å². The van der Waals surface area contributed by atoms with Crippen molar-refractivity contribution in [2.75, 3.05) is 20.2 Å². The molecule has 0 saturated carbocycles. The van der Waals surface area contributed by atoms with E-state index in [4.69, 9.17) is 4.74 Å². The minimum Gasteiger partial charge on any atom is -0.497 e. The monoisotopic (exact) mass is 581 g/mol. The van der Waals surface area contributed by atoms with Crippen LogP contribution < -0.4 is 4.74 Å². The predicted octanol–water partition coefficient (Wildman–Crippen LogP) is 8.61. The first-order valence-corrected chi connectivity index (χ1v) is 16.8. The molecule has 1 heterocycles. The maximum Gasteiger partial charge on any atom is 0.242 e. The highest BCUT2D eigenvalue weighted by Crippen LogP contribution is 2.18. The van der Waals surface area contributed by atoms with E-state index in [0.717, 1.165) is 55.5 Å². The Kier molecular flexibility index (Phi) is 17.7. The summed E-state index contributed by atoms with van der Waals surface area (Å²) in [7, 11) is 1.68. The third-order valence-electron chi connectivity index (χ3n) is 8.39. The lowest BCUT2D eigenvalue weighted by atomic mass is 10.1. The van der Waals surface area contributed by atoms with Crippen molar-refractivity contribution in [1.29, 1.82) is 0 Å². The largest absolute Gasteiger partial charge is 0.497 e. The van der Waals surface area contributed by atoms with Gasteiger partial charge in [-0.1, -0.05) is 97.1 Å². The third kappa shape index (κ3) is 13.0. The van der Waals surface area contributed by atoms with Gasteiger partial charge in [-0.2, -0.15) is 0 Å². The smallest absolute Gasteiger partial charge is 0.242 e. The molecular weight excluding hydrogens is 522 g/mol. The van der Waals surface area contributed by atoms with Gasteiger partial charge < -0.3 is 19.1 Å². The van der Waals surface area contributed by atoms with Crippen LogP contribution >= 0.6 is 0 Å². The van der Waals surface area contributed by atoms with Gasteiger partial charge in [0.15, 0.2) is 0 Å². The second-order valence-electron chi connectivity index (χ2n) is 11.9. The number of carbonyl (C=O) groups is 2. The maximum absolute atomic E-state index is 13.8. The molecule has 0 aliphatic rings. The Morgan fingerprint density at radius 3 is 2.17 bits per heavy atom. The lowest BCUT2D eigenvalue weighted by Crippen LogP contribution is -2.46. The Bertz CT molecular complexity index is 1020. The Labute approximate surface area is 256 Å². The molecule has 0 bridgehead atoms. The van der Waals surface area contributed by atoms with E-state index >= 15 is 0 Å². The molecule has 0 spiro atoms. The molecule has 0 aliphatic carbocycles. The second-order valence-corrected chi connectivity index (χ2v) is 11.9. The summed E-state index contributed by atoms with van der Waals surface area (Å²) >= 11 is 0. The Morgan fingerprint density at radius 1 is 0.833 bits per heavy atom. The SMILES string of the molecule is CCCCCCCCCCCC(=O)N(CCCCC)CC(=O)N(Cc1cccn1Cc1cccc(OC)c1)C(C)CC. The first kappa shape index (κ1) is 35.4. The average molecular weight is 582 g/mol. The number of amides is 2. The molecule has 1 unspecified atom stereocenters. The summed E-state index contributed by atoms with van der Waals surface area (Å²) in [4.78, 5) is 30.9. The van der Waals surface area contributed by atoms with E-state index in [1.54, 1.807) is 7.11 Å². The fraction of sp³-hybridized carbons (Fsp3) is 0.667. The number of unbranched alkanes of at least 4 members (excludes halogenated alkanes) is 10. The van der Waals surface area contributed by atoms with Crippen molar-refractivity contribution in [3.8, 4) is 5.75 Å². The molecule has 2 aromatic rings.